The number of carbonyl (C=O) groups excluding carboxylic acids is 1. The van der Waals surface area contributed by atoms with Gasteiger partial charge in [0, 0.05) is 13.0 Å². The number of hydrogen-bond donors (Lipinski definition) is 1. The fourth-order valence-electron chi connectivity index (χ4n) is 1.68. The molecule has 1 fully saturated rings. The third-order valence-corrected chi connectivity index (χ3v) is 2.39. The van der Waals surface area contributed by atoms with Crippen LogP contribution in [0.2, 0.25) is 0 Å². The molecule has 0 spiro atoms. The van der Waals surface area contributed by atoms with E-state index in [4.69, 9.17) is 4.74 Å². The summed E-state index contributed by atoms with van der Waals surface area (Å²) >= 11 is 0. The number of aldehydes is 1. The molecule has 0 amide bonds. The lowest BCUT2D eigenvalue weighted by molar-refractivity contribution is -0.127. The molecule has 1 aliphatic rings. The molecule has 0 aromatic heterocycles. The molecule has 1 N–H and O–H groups in total. The summed E-state index contributed by atoms with van der Waals surface area (Å²) < 4.78 is 5.41. The van der Waals surface area contributed by atoms with Crippen LogP contribution in [0.4, 0.5) is 0 Å². The molecule has 0 unspecified atom stereocenters. The summed E-state index contributed by atoms with van der Waals surface area (Å²) in [6.45, 7) is 1.34. The van der Waals surface area contributed by atoms with Gasteiger partial charge >= 0.3 is 0 Å². The Kier molecular flexibility index (Phi) is 2.61. The van der Waals surface area contributed by atoms with Crippen LogP contribution in [0, 0.1) is 0 Å². The van der Waals surface area contributed by atoms with Crippen LogP contribution in [0.3, 0.4) is 0 Å². The maximum atomic E-state index is 10.9. The van der Waals surface area contributed by atoms with Gasteiger partial charge in [0.2, 0.25) is 0 Å². The van der Waals surface area contributed by atoms with Crippen molar-refractivity contribution in [1.82, 2.24) is 5.32 Å². The van der Waals surface area contributed by atoms with Crippen molar-refractivity contribution in [1.29, 1.82) is 0 Å². The molecule has 2 rings (SSSR count). The van der Waals surface area contributed by atoms with Crippen LogP contribution < -0.4 is 5.32 Å². The van der Waals surface area contributed by atoms with E-state index in [9.17, 15) is 4.79 Å². The second-order valence-corrected chi connectivity index (χ2v) is 3.44. The zero-order chi connectivity index (χ0) is 9.86. The largest absolute Gasteiger partial charge is 0.352 e. The molecule has 74 valence electrons. The Balaban J connectivity index is 2.12. The molecule has 0 radical (unpaired) electrons. The summed E-state index contributed by atoms with van der Waals surface area (Å²) in [5, 5.41) is 3.08. The van der Waals surface area contributed by atoms with Gasteiger partial charge in [-0.1, -0.05) is 30.3 Å². The Bertz CT molecular complexity index is 304. The van der Waals surface area contributed by atoms with E-state index in [1.807, 2.05) is 30.3 Å². The maximum Gasteiger partial charge on any atom is 0.179 e. The minimum absolute atomic E-state index is 0.595. The molecule has 1 aliphatic heterocycles. The Morgan fingerprint density at radius 1 is 1.43 bits per heavy atom. The molecule has 14 heavy (non-hydrogen) atoms. The van der Waals surface area contributed by atoms with Gasteiger partial charge in [0.1, 0.15) is 0 Å². The van der Waals surface area contributed by atoms with Gasteiger partial charge in [-0.25, -0.2) is 0 Å². The molecule has 1 aromatic rings. The van der Waals surface area contributed by atoms with Crippen LogP contribution in [0.15, 0.2) is 30.3 Å². The molecule has 0 aliphatic carbocycles. The number of carbonyl (C=O) groups is 1. The summed E-state index contributed by atoms with van der Waals surface area (Å²) in [5.74, 6) is 0. The van der Waals surface area contributed by atoms with Crippen LogP contribution in [0.1, 0.15) is 5.56 Å². The minimum Gasteiger partial charge on any atom is -0.352 e. The molecule has 3 nitrogen and oxygen atoms in total. The predicted molar refractivity (Wildman–Crippen MR) is 52.9 cm³/mol. The number of ether oxygens (including phenoxy) is 1. The van der Waals surface area contributed by atoms with Crippen molar-refractivity contribution in [2.45, 2.75) is 12.1 Å². The van der Waals surface area contributed by atoms with Gasteiger partial charge in [0.15, 0.2) is 12.0 Å². The van der Waals surface area contributed by atoms with E-state index in [-0.39, 0.29) is 0 Å². The summed E-state index contributed by atoms with van der Waals surface area (Å²) in [5.41, 5.74) is 0.315. The summed E-state index contributed by atoms with van der Waals surface area (Å²) in [7, 11) is 0. The zero-order valence-corrected chi connectivity index (χ0v) is 7.90. The normalized spacial score (nSPS) is 26.3. The van der Waals surface area contributed by atoms with Gasteiger partial charge in [-0.3, -0.25) is 10.1 Å². The highest BCUT2D eigenvalue weighted by Crippen LogP contribution is 2.16. The smallest absolute Gasteiger partial charge is 0.179 e. The molecule has 1 atom stereocenters. The average Bonchev–Trinajstić information content (AvgIpc) is 2.69. The predicted octanol–water partition coefficient (Wildman–Crippen LogP) is 0.744. The van der Waals surface area contributed by atoms with Crippen molar-refractivity contribution in [3.63, 3.8) is 0 Å². The topological polar surface area (TPSA) is 38.3 Å². The van der Waals surface area contributed by atoms with Crippen molar-refractivity contribution >= 4 is 6.29 Å². The van der Waals surface area contributed by atoms with E-state index < -0.39 is 5.72 Å². The zero-order valence-electron chi connectivity index (χ0n) is 7.90. The first kappa shape index (κ1) is 9.37. The fourth-order valence-corrected chi connectivity index (χ4v) is 1.68. The first-order valence-electron chi connectivity index (χ1n) is 4.74. The molecule has 3 heteroatoms. The molecular weight excluding hydrogens is 178 g/mol. The SMILES string of the molecule is O=C[C@]1(Cc2ccccc2)NCCO1. The van der Waals surface area contributed by atoms with Gasteiger partial charge in [-0.2, -0.15) is 0 Å². The Morgan fingerprint density at radius 3 is 2.79 bits per heavy atom. The molecule has 1 heterocycles. The minimum atomic E-state index is -0.790. The number of benzene rings is 1. The van der Waals surface area contributed by atoms with Crippen molar-refractivity contribution in [3.8, 4) is 0 Å². The highest BCUT2D eigenvalue weighted by atomic mass is 16.5. The van der Waals surface area contributed by atoms with E-state index in [0.29, 0.717) is 13.0 Å². The van der Waals surface area contributed by atoms with Crippen LogP contribution in [0.5, 0.6) is 0 Å². The van der Waals surface area contributed by atoms with E-state index in [2.05, 4.69) is 5.32 Å². The fraction of sp³-hybridized carbons (Fsp3) is 0.364. The summed E-state index contributed by atoms with van der Waals surface area (Å²) in [4.78, 5) is 10.9. The first-order chi connectivity index (χ1) is 6.85. The van der Waals surface area contributed by atoms with Gasteiger partial charge in [-0.05, 0) is 5.56 Å². The maximum absolute atomic E-state index is 10.9. The van der Waals surface area contributed by atoms with E-state index in [1.54, 1.807) is 0 Å². The number of hydrogen-bond acceptors (Lipinski definition) is 3. The second-order valence-electron chi connectivity index (χ2n) is 3.44. The Hall–Kier alpha value is -1.19. The quantitative estimate of drug-likeness (QED) is 0.716. The highest BCUT2D eigenvalue weighted by Gasteiger charge is 2.34. The lowest BCUT2D eigenvalue weighted by atomic mass is 10.0. The van der Waals surface area contributed by atoms with Crippen LogP contribution in [-0.4, -0.2) is 25.2 Å². The van der Waals surface area contributed by atoms with Crippen LogP contribution >= 0.6 is 0 Å². The van der Waals surface area contributed by atoms with Gasteiger partial charge < -0.3 is 4.74 Å². The third-order valence-electron chi connectivity index (χ3n) is 2.39. The van der Waals surface area contributed by atoms with Crippen LogP contribution in [0.25, 0.3) is 0 Å². The Morgan fingerprint density at radius 2 is 2.21 bits per heavy atom. The first-order valence-corrected chi connectivity index (χ1v) is 4.74. The summed E-state index contributed by atoms with van der Waals surface area (Å²) in [6, 6.07) is 9.87. The second kappa shape index (κ2) is 3.90. The monoisotopic (exact) mass is 191 g/mol. The Labute approximate surface area is 83.1 Å². The highest BCUT2D eigenvalue weighted by molar-refractivity contribution is 5.63. The van der Waals surface area contributed by atoms with E-state index >= 15 is 0 Å². The molecule has 0 bridgehead atoms. The molecule has 0 saturated carbocycles. The standard InChI is InChI=1S/C11H13NO2/c13-9-11(12-6-7-14-11)8-10-4-2-1-3-5-10/h1-5,9,12H,6-8H2/t11-/m1/s1. The lowest BCUT2D eigenvalue weighted by Crippen LogP contribution is -2.44. The van der Waals surface area contributed by atoms with Crippen molar-refractivity contribution in [3.05, 3.63) is 35.9 Å². The lowest BCUT2D eigenvalue weighted by Gasteiger charge is -2.21. The van der Waals surface area contributed by atoms with Crippen molar-refractivity contribution in [2.75, 3.05) is 13.2 Å². The van der Waals surface area contributed by atoms with Crippen LogP contribution in [-0.2, 0) is 16.0 Å². The number of rotatable bonds is 3. The van der Waals surface area contributed by atoms with Crippen molar-refractivity contribution in [2.24, 2.45) is 0 Å². The average molecular weight is 191 g/mol. The number of nitrogens with one attached hydrogen (secondary N) is 1. The van der Waals surface area contributed by atoms with Crippen molar-refractivity contribution < 1.29 is 9.53 Å². The third kappa shape index (κ3) is 1.84. The molecule has 1 saturated heterocycles. The van der Waals surface area contributed by atoms with E-state index in [1.165, 1.54) is 0 Å². The van der Waals surface area contributed by atoms with Gasteiger partial charge in [-0.15, -0.1) is 0 Å². The molecule has 1 aromatic carbocycles. The summed E-state index contributed by atoms with van der Waals surface area (Å²) in [6.07, 6.45) is 1.45. The molecular formula is C11H13NO2. The van der Waals surface area contributed by atoms with Gasteiger partial charge in [0.25, 0.3) is 0 Å². The van der Waals surface area contributed by atoms with Gasteiger partial charge in [0.05, 0.1) is 6.61 Å². The van der Waals surface area contributed by atoms with E-state index in [0.717, 1.165) is 18.4 Å².